The minimum absolute atomic E-state index is 0.117. The third-order valence-electron chi connectivity index (χ3n) is 4.53. The van der Waals surface area contributed by atoms with Crippen LogP contribution in [-0.2, 0) is 4.79 Å². The molecule has 0 unspecified atom stereocenters. The monoisotopic (exact) mass is 484 g/mol. The number of carbonyl (C=O) groups excluding carboxylic acids is 1. The number of rotatable bonds is 7. The van der Waals surface area contributed by atoms with E-state index in [1.807, 2.05) is 59.2 Å². The highest BCUT2D eigenvalue weighted by molar-refractivity contribution is 7.99. The summed E-state index contributed by atoms with van der Waals surface area (Å²) in [7, 11) is 1.62. The van der Waals surface area contributed by atoms with E-state index in [9.17, 15) is 4.79 Å². The van der Waals surface area contributed by atoms with Gasteiger partial charge in [0.05, 0.1) is 28.6 Å². The van der Waals surface area contributed by atoms with E-state index in [0.29, 0.717) is 26.7 Å². The first-order chi connectivity index (χ1) is 15.6. The van der Waals surface area contributed by atoms with Gasteiger partial charge in [0.25, 0.3) is 0 Å². The number of carbonyl (C=O) groups is 1. The van der Waals surface area contributed by atoms with Crippen molar-refractivity contribution in [2.45, 2.75) is 5.16 Å². The predicted molar refractivity (Wildman–Crippen MR) is 129 cm³/mol. The summed E-state index contributed by atoms with van der Waals surface area (Å²) in [4.78, 5) is 12.5. The van der Waals surface area contributed by atoms with Crippen LogP contribution in [0.4, 0.5) is 5.69 Å². The second-order valence-electron chi connectivity index (χ2n) is 6.65. The molecule has 0 atom stereocenters. The Bertz CT molecular complexity index is 1250. The van der Waals surface area contributed by atoms with E-state index < -0.39 is 0 Å². The van der Waals surface area contributed by atoms with E-state index >= 15 is 0 Å². The van der Waals surface area contributed by atoms with Crippen LogP contribution >= 0.6 is 35.0 Å². The highest BCUT2D eigenvalue weighted by Gasteiger charge is 2.18. The number of nitrogens with one attached hydrogen (secondary N) is 1. The number of amides is 1. The molecule has 0 aliphatic carbocycles. The third kappa shape index (κ3) is 4.91. The highest BCUT2D eigenvalue weighted by Crippen LogP contribution is 2.31. The summed E-state index contributed by atoms with van der Waals surface area (Å²) in [5.74, 6) is 1.25. The summed E-state index contributed by atoms with van der Waals surface area (Å²) >= 11 is 13.5. The number of ether oxygens (including phenoxy) is 1. The fraction of sp³-hybridized carbons (Fsp3) is 0.0870. The standard InChI is InChI=1S/C23H18Cl2N4O2S/c1-31-17-10-5-7-15(13-17)22-27-28-23(29(22)16-8-3-2-4-9-16)32-14-20(30)26-19-12-6-11-18(24)21(19)25/h2-13H,14H2,1H3,(H,26,30). The van der Waals surface area contributed by atoms with E-state index in [1.54, 1.807) is 25.3 Å². The first-order valence-electron chi connectivity index (χ1n) is 9.58. The number of benzene rings is 3. The average molecular weight is 485 g/mol. The van der Waals surface area contributed by atoms with Crippen LogP contribution in [0.5, 0.6) is 5.75 Å². The van der Waals surface area contributed by atoms with E-state index in [0.717, 1.165) is 17.0 Å². The van der Waals surface area contributed by atoms with Gasteiger partial charge in [-0.3, -0.25) is 9.36 Å². The van der Waals surface area contributed by atoms with Crippen molar-refractivity contribution in [2.24, 2.45) is 0 Å². The molecule has 1 aromatic heterocycles. The van der Waals surface area contributed by atoms with Gasteiger partial charge < -0.3 is 10.1 Å². The first-order valence-corrected chi connectivity index (χ1v) is 11.3. The number of para-hydroxylation sites is 1. The zero-order valence-electron chi connectivity index (χ0n) is 17.0. The fourth-order valence-corrected chi connectivity index (χ4v) is 4.14. The minimum atomic E-state index is -0.232. The Morgan fingerprint density at radius 1 is 1.03 bits per heavy atom. The Labute approximate surface area is 199 Å². The molecular formula is C23H18Cl2N4O2S. The van der Waals surface area contributed by atoms with Crippen molar-refractivity contribution in [3.8, 4) is 22.8 Å². The molecule has 162 valence electrons. The van der Waals surface area contributed by atoms with Gasteiger partial charge in [0, 0.05) is 11.3 Å². The quantitative estimate of drug-likeness (QED) is 0.326. The summed E-state index contributed by atoms with van der Waals surface area (Å²) < 4.78 is 7.26. The second-order valence-corrected chi connectivity index (χ2v) is 8.37. The van der Waals surface area contributed by atoms with Crippen LogP contribution in [0, 0.1) is 0 Å². The number of anilines is 1. The zero-order valence-corrected chi connectivity index (χ0v) is 19.3. The van der Waals surface area contributed by atoms with E-state index in [4.69, 9.17) is 27.9 Å². The van der Waals surface area contributed by atoms with Crippen LogP contribution < -0.4 is 10.1 Å². The Hall–Kier alpha value is -3.00. The Balaban J connectivity index is 1.60. The fourth-order valence-electron chi connectivity index (χ4n) is 3.04. The average Bonchev–Trinajstić information content (AvgIpc) is 3.25. The Morgan fingerprint density at radius 3 is 2.59 bits per heavy atom. The van der Waals surface area contributed by atoms with E-state index in [1.165, 1.54) is 11.8 Å². The maximum Gasteiger partial charge on any atom is 0.234 e. The normalized spacial score (nSPS) is 10.7. The topological polar surface area (TPSA) is 69.0 Å². The first kappa shape index (κ1) is 22.2. The molecule has 6 nitrogen and oxygen atoms in total. The molecule has 0 saturated heterocycles. The highest BCUT2D eigenvalue weighted by atomic mass is 35.5. The molecule has 0 aliphatic rings. The molecule has 1 N–H and O–H groups in total. The number of nitrogens with zero attached hydrogens (tertiary/aromatic N) is 3. The molecule has 0 bridgehead atoms. The molecule has 0 aliphatic heterocycles. The van der Waals surface area contributed by atoms with Gasteiger partial charge in [-0.25, -0.2) is 0 Å². The van der Waals surface area contributed by atoms with Crippen LogP contribution in [0.3, 0.4) is 0 Å². The van der Waals surface area contributed by atoms with Crippen molar-refractivity contribution in [3.05, 3.63) is 82.8 Å². The lowest BCUT2D eigenvalue weighted by Gasteiger charge is -2.11. The number of thioether (sulfide) groups is 1. The molecule has 0 radical (unpaired) electrons. The third-order valence-corrected chi connectivity index (χ3v) is 6.28. The van der Waals surface area contributed by atoms with Crippen molar-refractivity contribution in [3.63, 3.8) is 0 Å². The second kappa shape index (κ2) is 10.1. The van der Waals surface area contributed by atoms with Crippen LogP contribution in [0.15, 0.2) is 78.0 Å². The molecular weight excluding hydrogens is 467 g/mol. The Morgan fingerprint density at radius 2 is 1.81 bits per heavy atom. The van der Waals surface area contributed by atoms with Gasteiger partial charge in [-0.1, -0.05) is 71.4 Å². The molecule has 32 heavy (non-hydrogen) atoms. The number of methoxy groups -OCH3 is 1. The van der Waals surface area contributed by atoms with Crippen LogP contribution in [0.25, 0.3) is 17.1 Å². The van der Waals surface area contributed by atoms with Crippen molar-refractivity contribution < 1.29 is 9.53 Å². The minimum Gasteiger partial charge on any atom is -0.497 e. The molecule has 1 heterocycles. The van der Waals surface area contributed by atoms with Gasteiger partial charge in [0.15, 0.2) is 11.0 Å². The van der Waals surface area contributed by atoms with Crippen molar-refractivity contribution >= 4 is 46.6 Å². The van der Waals surface area contributed by atoms with Crippen LogP contribution in [0.2, 0.25) is 10.0 Å². The molecule has 0 spiro atoms. The number of aromatic nitrogens is 3. The number of hydrogen-bond acceptors (Lipinski definition) is 5. The maximum absolute atomic E-state index is 12.5. The molecule has 4 rings (SSSR count). The van der Waals surface area contributed by atoms with Crippen molar-refractivity contribution in [1.29, 1.82) is 0 Å². The summed E-state index contributed by atoms with van der Waals surface area (Å²) in [6.07, 6.45) is 0. The molecule has 3 aromatic carbocycles. The van der Waals surface area contributed by atoms with E-state index in [-0.39, 0.29) is 11.7 Å². The summed E-state index contributed by atoms with van der Waals surface area (Å²) in [5.41, 5.74) is 2.20. The number of halogens is 2. The zero-order chi connectivity index (χ0) is 22.5. The van der Waals surface area contributed by atoms with Crippen molar-refractivity contribution in [2.75, 3.05) is 18.2 Å². The molecule has 0 saturated carbocycles. The molecule has 1 amide bonds. The van der Waals surface area contributed by atoms with Gasteiger partial charge in [0.2, 0.25) is 5.91 Å². The summed E-state index contributed by atoms with van der Waals surface area (Å²) in [5, 5.41) is 12.8. The largest absolute Gasteiger partial charge is 0.497 e. The van der Waals surface area contributed by atoms with Gasteiger partial charge in [-0.05, 0) is 36.4 Å². The molecule has 0 fully saturated rings. The lowest BCUT2D eigenvalue weighted by Crippen LogP contribution is -2.15. The lowest BCUT2D eigenvalue weighted by atomic mass is 10.2. The summed E-state index contributed by atoms with van der Waals surface area (Å²) in [6.45, 7) is 0. The van der Waals surface area contributed by atoms with E-state index in [2.05, 4.69) is 15.5 Å². The summed E-state index contributed by atoms with van der Waals surface area (Å²) in [6, 6.07) is 22.4. The number of hydrogen-bond donors (Lipinski definition) is 1. The predicted octanol–water partition coefficient (Wildman–Crippen LogP) is 5.98. The molecule has 4 aromatic rings. The van der Waals surface area contributed by atoms with Gasteiger partial charge in [-0.15, -0.1) is 10.2 Å². The Kier molecular flexibility index (Phi) is 6.99. The van der Waals surface area contributed by atoms with Crippen molar-refractivity contribution in [1.82, 2.24) is 14.8 Å². The lowest BCUT2D eigenvalue weighted by molar-refractivity contribution is -0.113. The molecule has 9 heteroatoms. The van der Waals surface area contributed by atoms with Gasteiger partial charge >= 0.3 is 0 Å². The van der Waals surface area contributed by atoms with Gasteiger partial charge in [-0.2, -0.15) is 0 Å². The smallest absolute Gasteiger partial charge is 0.234 e. The SMILES string of the molecule is COc1cccc(-c2nnc(SCC(=O)Nc3cccc(Cl)c3Cl)n2-c2ccccc2)c1. The maximum atomic E-state index is 12.5. The van der Waals surface area contributed by atoms with Crippen LogP contribution in [0.1, 0.15) is 0 Å². The van der Waals surface area contributed by atoms with Crippen LogP contribution in [-0.4, -0.2) is 33.5 Å². The van der Waals surface area contributed by atoms with Gasteiger partial charge in [0.1, 0.15) is 5.75 Å².